The van der Waals surface area contributed by atoms with Crippen LogP contribution in [0.25, 0.3) is 0 Å². The van der Waals surface area contributed by atoms with Crippen LogP contribution in [0.3, 0.4) is 0 Å². The molecule has 0 saturated carbocycles. The second kappa shape index (κ2) is 2.80. The molecule has 13 heavy (non-hydrogen) atoms. The van der Waals surface area contributed by atoms with Crippen molar-refractivity contribution in [3.8, 4) is 0 Å². The van der Waals surface area contributed by atoms with Gasteiger partial charge in [0.1, 0.15) is 5.60 Å². The van der Waals surface area contributed by atoms with E-state index < -0.39 is 11.6 Å². The molecule has 1 aliphatic heterocycles. The predicted octanol–water partition coefficient (Wildman–Crippen LogP) is -0.819. The lowest BCUT2D eigenvalue weighted by Gasteiger charge is -2.40. The zero-order valence-corrected chi connectivity index (χ0v) is 7.47. The first-order chi connectivity index (χ1) is 6.12. The van der Waals surface area contributed by atoms with Crippen LogP contribution in [-0.4, -0.2) is 33.7 Å². The Hall–Kier alpha value is -0.910. The van der Waals surface area contributed by atoms with Crippen molar-refractivity contribution in [2.45, 2.75) is 11.6 Å². The minimum Gasteiger partial charge on any atom is -0.383 e. The van der Waals surface area contributed by atoms with E-state index >= 15 is 0 Å². The van der Waals surface area contributed by atoms with E-state index in [4.69, 9.17) is 10.5 Å². The summed E-state index contributed by atoms with van der Waals surface area (Å²) < 4.78 is 6.59. The quantitative estimate of drug-likeness (QED) is 0.628. The van der Waals surface area contributed by atoms with Gasteiger partial charge in [-0.05, 0) is 6.07 Å². The van der Waals surface area contributed by atoms with Crippen LogP contribution in [0.4, 0.5) is 0 Å². The number of aryl methyl sites for hydroxylation is 1. The molecule has 3 N–H and O–H groups in total. The fourth-order valence-corrected chi connectivity index (χ4v) is 1.36. The Kier molecular flexibility index (Phi) is 1.87. The lowest BCUT2D eigenvalue weighted by molar-refractivity contribution is -0.191. The molecule has 0 bridgehead atoms. The van der Waals surface area contributed by atoms with Gasteiger partial charge in [-0.1, -0.05) is 0 Å². The highest BCUT2D eigenvalue weighted by Gasteiger charge is 2.43. The highest BCUT2D eigenvalue weighted by molar-refractivity contribution is 5.12. The average Bonchev–Trinajstić information content (AvgIpc) is 2.46. The monoisotopic (exact) mass is 183 g/mol. The minimum atomic E-state index is -0.922. The Bertz CT molecular complexity index is 306. The fourth-order valence-electron chi connectivity index (χ4n) is 1.36. The van der Waals surface area contributed by atoms with Gasteiger partial charge in [0.2, 0.25) is 0 Å². The molecule has 0 aromatic carbocycles. The van der Waals surface area contributed by atoms with Crippen LogP contribution in [0.2, 0.25) is 0 Å². The van der Waals surface area contributed by atoms with Crippen LogP contribution in [0.15, 0.2) is 12.3 Å². The Morgan fingerprint density at radius 2 is 2.46 bits per heavy atom. The number of hydrogen-bond acceptors (Lipinski definition) is 4. The molecular weight excluding hydrogens is 170 g/mol. The Labute approximate surface area is 76.1 Å². The van der Waals surface area contributed by atoms with E-state index in [1.165, 1.54) is 0 Å². The normalized spacial score (nSPS) is 22.4. The number of nitrogens with zero attached hydrogens (tertiary/aromatic N) is 2. The smallest absolute Gasteiger partial charge is 0.132 e. The zero-order chi connectivity index (χ0) is 9.47. The summed E-state index contributed by atoms with van der Waals surface area (Å²) in [5.74, 6) is 0. The first-order valence-corrected chi connectivity index (χ1v) is 4.17. The Balaban J connectivity index is 2.17. The van der Waals surface area contributed by atoms with Crippen molar-refractivity contribution in [2.75, 3.05) is 13.2 Å². The molecular formula is C8H13N3O2. The molecule has 1 unspecified atom stereocenters. The van der Waals surface area contributed by atoms with Gasteiger partial charge in [-0.15, -0.1) is 0 Å². The van der Waals surface area contributed by atoms with Gasteiger partial charge in [0.15, 0.2) is 0 Å². The molecule has 0 amide bonds. The van der Waals surface area contributed by atoms with Crippen LogP contribution in [0, 0.1) is 0 Å². The Morgan fingerprint density at radius 3 is 2.85 bits per heavy atom. The van der Waals surface area contributed by atoms with Crippen LogP contribution in [0.5, 0.6) is 0 Å². The van der Waals surface area contributed by atoms with Crippen LogP contribution < -0.4 is 5.73 Å². The van der Waals surface area contributed by atoms with Gasteiger partial charge < -0.3 is 15.6 Å². The first-order valence-electron chi connectivity index (χ1n) is 4.17. The SMILES string of the molecule is Cn1ccc(C(N)C2(O)COC2)n1. The number of aromatic nitrogens is 2. The second-order valence-corrected chi connectivity index (χ2v) is 3.49. The summed E-state index contributed by atoms with van der Waals surface area (Å²) in [7, 11) is 1.82. The maximum Gasteiger partial charge on any atom is 0.132 e. The number of hydrogen-bond donors (Lipinski definition) is 2. The molecule has 5 nitrogen and oxygen atoms in total. The topological polar surface area (TPSA) is 73.3 Å². The number of rotatable bonds is 2. The molecule has 2 heterocycles. The summed E-state index contributed by atoms with van der Waals surface area (Å²) in [5, 5.41) is 14.0. The maximum absolute atomic E-state index is 9.84. The summed E-state index contributed by atoms with van der Waals surface area (Å²) in [4.78, 5) is 0. The van der Waals surface area contributed by atoms with Gasteiger partial charge in [-0.2, -0.15) is 5.10 Å². The van der Waals surface area contributed by atoms with E-state index in [-0.39, 0.29) is 0 Å². The van der Waals surface area contributed by atoms with Gasteiger partial charge in [0.05, 0.1) is 24.9 Å². The van der Waals surface area contributed by atoms with Crippen LogP contribution >= 0.6 is 0 Å². The van der Waals surface area contributed by atoms with E-state index in [9.17, 15) is 5.11 Å². The molecule has 72 valence electrons. The molecule has 5 heteroatoms. The molecule has 1 saturated heterocycles. The fraction of sp³-hybridized carbons (Fsp3) is 0.625. The molecule has 1 aliphatic rings. The lowest BCUT2D eigenvalue weighted by atomic mass is 9.91. The molecule has 1 aromatic heterocycles. The largest absolute Gasteiger partial charge is 0.383 e. The van der Waals surface area contributed by atoms with Gasteiger partial charge in [-0.25, -0.2) is 0 Å². The van der Waals surface area contributed by atoms with E-state index in [0.29, 0.717) is 18.9 Å². The number of aliphatic hydroxyl groups is 1. The first kappa shape index (κ1) is 8.68. The lowest BCUT2D eigenvalue weighted by Crippen LogP contribution is -2.56. The summed E-state index contributed by atoms with van der Waals surface area (Å²) in [6.07, 6.45) is 1.80. The number of nitrogens with two attached hydrogens (primary N) is 1. The molecule has 0 radical (unpaired) electrons. The van der Waals surface area contributed by atoms with Crippen molar-refractivity contribution in [1.29, 1.82) is 0 Å². The van der Waals surface area contributed by atoms with Crippen molar-refractivity contribution < 1.29 is 9.84 Å². The van der Waals surface area contributed by atoms with E-state index in [0.717, 1.165) is 0 Å². The second-order valence-electron chi connectivity index (χ2n) is 3.49. The molecule has 0 aliphatic carbocycles. The zero-order valence-electron chi connectivity index (χ0n) is 7.47. The third kappa shape index (κ3) is 1.35. The molecule has 1 atom stereocenters. The van der Waals surface area contributed by atoms with Gasteiger partial charge >= 0.3 is 0 Å². The van der Waals surface area contributed by atoms with Crippen molar-refractivity contribution in [3.05, 3.63) is 18.0 Å². The van der Waals surface area contributed by atoms with E-state index in [2.05, 4.69) is 5.10 Å². The van der Waals surface area contributed by atoms with Gasteiger partial charge in [-0.3, -0.25) is 4.68 Å². The van der Waals surface area contributed by atoms with Crippen molar-refractivity contribution in [1.82, 2.24) is 9.78 Å². The number of ether oxygens (including phenoxy) is 1. The van der Waals surface area contributed by atoms with Crippen molar-refractivity contribution >= 4 is 0 Å². The molecule has 1 aromatic rings. The standard InChI is InChI=1S/C8H13N3O2/c1-11-3-2-6(10-11)7(9)8(12)4-13-5-8/h2-3,7,12H,4-5,9H2,1H3. The van der Waals surface area contributed by atoms with E-state index in [1.807, 2.05) is 7.05 Å². The van der Waals surface area contributed by atoms with Crippen molar-refractivity contribution in [3.63, 3.8) is 0 Å². The Morgan fingerprint density at radius 1 is 1.77 bits per heavy atom. The maximum atomic E-state index is 9.84. The molecule has 1 fully saturated rings. The predicted molar refractivity (Wildman–Crippen MR) is 45.9 cm³/mol. The minimum absolute atomic E-state index is 0.296. The molecule has 2 rings (SSSR count). The highest BCUT2D eigenvalue weighted by atomic mass is 16.5. The summed E-state index contributed by atoms with van der Waals surface area (Å²) in [5.41, 5.74) is 5.62. The average molecular weight is 183 g/mol. The van der Waals surface area contributed by atoms with Crippen LogP contribution in [0.1, 0.15) is 11.7 Å². The van der Waals surface area contributed by atoms with Crippen molar-refractivity contribution in [2.24, 2.45) is 12.8 Å². The third-order valence-electron chi connectivity index (χ3n) is 2.34. The van der Waals surface area contributed by atoms with Gasteiger partial charge in [0, 0.05) is 13.2 Å². The summed E-state index contributed by atoms with van der Waals surface area (Å²) in [6, 6.07) is 1.35. The molecule has 0 spiro atoms. The van der Waals surface area contributed by atoms with E-state index in [1.54, 1.807) is 16.9 Å². The summed E-state index contributed by atoms with van der Waals surface area (Å²) >= 11 is 0. The van der Waals surface area contributed by atoms with Crippen LogP contribution in [-0.2, 0) is 11.8 Å². The highest BCUT2D eigenvalue weighted by Crippen LogP contribution is 2.29. The van der Waals surface area contributed by atoms with Gasteiger partial charge in [0.25, 0.3) is 0 Å². The summed E-state index contributed by atoms with van der Waals surface area (Å²) in [6.45, 7) is 0.593. The third-order valence-corrected chi connectivity index (χ3v) is 2.34.